The van der Waals surface area contributed by atoms with Crippen molar-refractivity contribution in [3.8, 4) is 6.07 Å². The fourth-order valence-electron chi connectivity index (χ4n) is 1.61. The number of likely N-dealkylation sites (tertiary alicyclic amines) is 1. The van der Waals surface area contributed by atoms with Gasteiger partial charge in [-0.25, -0.2) is 4.39 Å². The summed E-state index contributed by atoms with van der Waals surface area (Å²) in [5, 5.41) is 8.79. The fourth-order valence-corrected chi connectivity index (χ4v) is 1.61. The summed E-state index contributed by atoms with van der Waals surface area (Å²) < 4.78 is 18.3. The van der Waals surface area contributed by atoms with E-state index in [9.17, 15) is 4.39 Å². The molecule has 3 nitrogen and oxygen atoms in total. The van der Waals surface area contributed by atoms with Crippen LogP contribution in [0.3, 0.4) is 0 Å². The Morgan fingerprint density at radius 2 is 2.46 bits per heavy atom. The Hall–Kier alpha value is -0.660. The van der Waals surface area contributed by atoms with Gasteiger partial charge in [0.05, 0.1) is 12.7 Å². The summed E-state index contributed by atoms with van der Waals surface area (Å²) in [4.78, 5) is 1.84. The van der Waals surface area contributed by atoms with E-state index >= 15 is 0 Å². The SMILES string of the molecule is COCC(C#N)N1CCC(C)(F)C1. The molecule has 13 heavy (non-hydrogen) atoms. The van der Waals surface area contributed by atoms with Gasteiger partial charge in [0.2, 0.25) is 0 Å². The Morgan fingerprint density at radius 1 is 1.77 bits per heavy atom. The Bertz CT molecular complexity index is 212. The van der Waals surface area contributed by atoms with Crippen molar-refractivity contribution in [2.24, 2.45) is 0 Å². The summed E-state index contributed by atoms with van der Waals surface area (Å²) in [7, 11) is 1.55. The molecular formula is C9H15FN2O. The summed E-state index contributed by atoms with van der Waals surface area (Å²) in [5.74, 6) is 0. The van der Waals surface area contributed by atoms with Gasteiger partial charge >= 0.3 is 0 Å². The van der Waals surface area contributed by atoms with Crippen molar-refractivity contribution in [1.29, 1.82) is 5.26 Å². The van der Waals surface area contributed by atoms with Crippen molar-refractivity contribution in [1.82, 2.24) is 4.90 Å². The van der Waals surface area contributed by atoms with Crippen molar-refractivity contribution in [2.45, 2.75) is 25.1 Å². The maximum atomic E-state index is 13.4. The highest BCUT2D eigenvalue weighted by Crippen LogP contribution is 2.25. The molecule has 0 aromatic rings. The molecule has 1 saturated heterocycles. The Labute approximate surface area is 78.1 Å². The number of halogens is 1. The number of nitrogens with zero attached hydrogens (tertiary/aromatic N) is 2. The molecule has 0 saturated carbocycles. The minimum Gasteiger partial charge on any atom is -0.382 e. The molecule has 0 aromatic carbocycles. The van der Waals surface area contributed by atoms with E-state index in [-0.39, 0.29) is 6.04 Å². The second-order valence-electron chi connectivity index (χ2n) is 3.73. The lowest BCUT2D eigenvalue weighted by Gasteiger charge is -2.21. The summed E-state index contributed by atoms with van der Waals surface area (Å²) in [6.07, 6.45) is 0.509. The van der Waals surface area contributed by atoms with Crippen LogP contribution in [0.5, 0.6) is 0 Å². The highest BCUT2D eigenvalue weighted by molar-refractivity contribution is 4.98. The maximum absolute atomic E-state index is 13.4. The minimum absolute atomic E-state index is 0.303. The average molecular weight is 186 g/mol. The number of rotatable bonds is 3. The fraction of sp³-hybridized carbons (Fsp3) is 0.889. The standard InChI is InChI=1S/C9H15FN2O/c1-9(10)3-4-12(7-9)8(5-11)6-13-2/h8H,3-4,6-7H2,1-2H3. The monoisotopic (exact) mass is 186 g/mol. The van der Waals surface area contributed by atoms with E-state index in [0.29, 0.717) is 26.1 Å². The molecule has 0 radical (unpaired) electrons. The topological polar surface area (TPSA) is 36.3 Å². The minimum atomic E-state index is -1.14. The van der Waals surface area contributed by atoms with Crippen LogP contribution < -0.4 is 0 Å². The summed E-state index contributed by atoms with van der Waals surface area (Å²) in [6, 6.07) is 1.81. The smallest absolute Gasteiger partial charge is 0.122 e. The number of hydrogen-bond donors (Lipinski definition) is 0. The van der Waals surface area contributed by atoms with Crippen LogP contribution in [0.1, 0.15) is 13.3 Å². The second-order valence-corrected chi connectivity index (χ2v) is 3.73. The number of nitriles is 1. The lowest BCUT2D eigenvalue weighted by molar-refractivity contribution is 0.115. The summed E-state index contributed by atoms with van der Waals surface area (Å²) in [5.41, 5.74) is -1.14. The van der Waals surface area contributed by atoms with E-state index in [2.05, 4.69) is 6.07 Å². The van der Waals surface area contributed by atoms with Gasteiger partial charge in [0.25, 0.3) is 0 Å². The van der Waals surface area contributed by atoms with E-state index < -0.39 is 5.67 Å². The van der Waals surface area contributed by atoms with Gasteiger partial charge in [-0.1, -0.05) is 0 Å². The van der Waals surface area contributed by atoms with E-state index in [1.54, 1.807) is 14.0 Å². The molecule has 1 aliphatic heterocycles. The first-order chi connectivity index (χ1) is 6.09. The van der Waals surface area contributed by atoms with Gasteiger partial charge in [0, 0.05) is 20.2 Å². The molecule has 1 aliphatic rings. The first-order valence-electron chi connectivity index (χ1n) is 4.40. The van der Waals surface area contributed by atoms with Crippen molar-refractivity contribution in [3.63, 3.8) is 0 Å². The normalized spacial score (nSPS) is 31.5. The van der Waals surface area contributed by atoms with Crippen LogP contribution in [0.2, 0.25) is 0 Å². The molecule has 0 aliphatic carbocycles. The number of ether oxygens (including phenoxy) is 1. The van der Waals surface area contributed by atoms with E-state index in [0.717, 1.165) is 0 Å². The predicted octanol–water partition coefficient (Wildman–Crippen LogP) is 0.959. The first kappa shape index (κ1) is 10.4. The third-order valence-corrected chi connectivity index (χ3v) is 2.37. The maximum Gasteiger partial charge on any atom is 0.122 e. The molecule has 0 amide bonds. The van der Waals surface area contributed by atoms with Crippen molar-refractivity contribution in [3.05, 3.63) is 0 Å². The molecule has 0 bridgehead atoms. The molecule has 74 valence electrons. The van der Waals surface area contributed by atoms with Gasteiger partial charge < -0.3 is 4.74 Å². The van der Waals surface area contributed by atoms with Crippen LogP contribution in [0.15, 0.2) is 0 Å². The van der Waals surface area contributed by atoms with E-state index in [1.165, 1.54) is 0 Å². The Balaban J connectivity index is 2.49. The quantitative estimate of drug-likeness (QED) is 0.658. The molecule has 1 heterocycles. The van der Waals surface area contributed by atoms with Gasteiger partial charge in [0.1, 0.15) is 11.7 Å². The van der Waals surface area contributed by atoms with Crippen LogP contribution in [0.25, 0.3) is 0 Å². The van der Waals surface area contributed by atoms with Crippen LogP contribution >= 0.6 is 0 Å². The largest absolute Gasteiger partial charge is 0.382 e. The zero-order valence-electron chi connectivity index (χ0n) is 8.09. The van der Waals surface area contributed by atoms with Crippen molar-refractivity contribution >= 4 is 0 Å². The van der Waals surface area contributed by atoms with Crippen LogP contribution in [-0.4, -0.2) is 43.4 Å². The second kappa shape index (κ2) is 4.03. The molecule has 0 N–H and O–H groups in total. The van der Waals surface area contributed by atoms with Gasteiger partial charge in [-0.2, -0.15) is 5.26 Å². The molecule has 4 heteroatoms. The van der Waals surface area contributed by atoms with Gasteiger partial charge in [-0.3, -0.25) is 4.90 Å². The summed E-state index contributed by atoms with van der Waals surface area (Å²) >= 11 is 0. The van der Waals surface area contributed by atoms with Gasteiger partial charge in [-0.15, -0.1) is 0 Å². The lowest BCUT2D eigenvalue weighted by atomic mass is 10.1. The lowest BCUT2D eigenvalue weighted by Crippen LogP contribution is -2.37. The molecule has 1 rings (SSSR count). The van der Waals surface area contributed by atoms with Crippen molar-refractivity contribution in [2.75, 3.05) is 26.8 Å². The Morgan fingerprint density at radius 3 is 2.85 bits per heavy atom. The van der Waals surface area contributed by atoms with Gasteiger partial charge in [-0.05, 0) is 13.3 Å². The van der Waals surface area contributed by atoms with Gasteiger partial charge in [0.15, 0.2) is 0 Å². The number of alkyl halides is 1. The zero-order chi connectivity index (χ0) is 9.90. The molecular weight excluding hydrogens is 171 g/mol. The zero-order valence-corrected chi connectivity index (χ0v) is 8.09. The number of methoxy groups -OCH3 is 1. The highest BCUT2D eigenvalue weighted by atomic mass is 19.1. The highest BCUT2D eigenvalue weighted by Gasteiger charge is 2.36. The van der Waals surface area contributed by atoms with Crippen LogP contribution in [0, 0.1) is 11.3 Å². The summed E-state index contributed by atoms with van der Waals surface area (Å²) in [6.45, 7) is 2.92. The molecule has 1 fully saturated rings. The predicted molar refractivity (Wildman–Crippen MR) is 47.0 cm³/mol. The average Bonchev–Trinajstić information content (AvgIpc) is 2.42. The number of hydrogen-bond acceptors (Lipinski definition) is 3. The molecule has 0 aromatic heterocycles. The third-order valence-electron chi connectivity index (χ3n) is 2.37. The first-order valence-corrected chi connectivity index (χ1v) is 4.40. The molecule has 2 unspecified atom stereocenters. The van der Waals surface area contributed by atoms with E-state index in [1.807, 2.05) is 4.90 Å². The van der Waals surface area contributed by atoms with E-state index in [4.69, 9.17) is 10.00 Å². The third kappa shape index (κ3) is 2.64. The molecule has 2 atom stereocenters. The van der Waals surface area contributed by atoms with Crippen LogP contribution in [0.4, 0.5) is 4.39 Å². The Kier molecular flexibility index (Phi) is 3.23. The molecule has 0 spiro atoms. The van der Waals surface area contributed by atoms with Crippen molar-refractivity contribution < 1.29 is 9.13 Å². The van der Waals surface area contributed by atoms with Crippen LogP contribution in [-0.2, 0) is 4.74 Å².